The van der Waals surface area contributed by atoms with Gasteiger partial charge in [0.2, 0.25) is 0 Å². The average molecular weight is 434 g/mol. The van der Waals surface area contributed by atoms with Crippen LogP contribution in [0.25, 0.3) is 0 Å². The molecule has 2 amide bonds. The summed E-state index contributed by atoms with van der Waals surface area (Å²) >= 11 is 3.53. The van der Waals surface area contributed by atoms with E-state index in [-0.39, 0.29) is 18.2 Å². The number of halogens is 1. The lowest BCUT2D eigenvalue weighted by Crippen LogP contribution is -2.34. The molecule has 2 heterocycles. The van der Waals surface area contributed by atoms with Crippen molar-refractivity contribution in [2.75, 3.05) is 11.4 Å². The summed E-state index contributed by atoms with van der Waals surface area (Å²) in [6.45, 7) is 0.731. The molecule has 2 fully saturated rings. The van der Waals surface area contributed by atoms with Crippen LogP contribution < -0.4 is 4.90 Å². The fourth-order valence-electron chi connectivity index (χ4n) is 4.28. The van der Waals surface area contributed by atoms with E-state index in [1.807, 2.05) is 58.4 Å². The van der Waals surface area contributed by atoms with E-state index in [9.17, 15) is 4.79 Å². The maximum atomic E-state index is 13.4. The molecule has 0 aliphatic carbocycles. The zero-order chi connectivity index (χ0) is 19.1. The van der Waals surface area contributed by atoms with Gasteiger partial charge in [0.05, 0.1) is 6.04 Å². The summed E-state index contributed by atoms with van der Waals surface area (Å²) in [5, 5.41) is 4.17. The van der Waals surface area contributed by atoms with Gasteiger partial charge < -0.3 is 0 Å². The van der Waals surface area contributed by atoms with Crippen molar-refractivity contribution < 1.29 is 4.79 Å². The Morgan fingerprint density at radius 1 is 0.786 bits per heavy atom. The number of amides is 2. The van der Waals surface area contributed by atoms with Crippen molar-refractivity contribution in [1.82, 2.24) is 10.0 Å². The lowest BCUT2D eigenvalue weighted by molar-refractivity contribution is 0.0353. The second-order valence-electron chi connectivity index (χ2n) is 7.13. The molecule has 4 nitrogen and oxygen atoms in total. The van der Waals surface area contributed by atoms with E-state index in [1.54, 1.807) is 0 Å². The van der Waals surface area contributed by atoms with E-state index in [0.717, 1.165) is 28.7 Å². The first kappa shape index (κ1) is 17.5. The van der Waals surface area contributed by atoms with E-state index < -0.39 is 0 Å². The van der Waals surface area contributed by atoms with Crippen LogP contribution in [0.3, 0.4) is 0 Å². The van der Waals surface area contributed by atoms with E-state index in [0.29, 0.717) is 0 Å². The highest BCUT2D eigenvalue weighted by Crippen LogP contribution is 2.47. The third-order valence-corrected chi connectivity index (χ3v) is 6.05. The molecule has 28 heavy (non-hydrogen) atoms. The van der Waals surface area contributed by atoms with Crippen LogP contribution in [0.2, 0.25) is 0 Å². The number of hydrogen-bond acceptors (Lipinski definition) is 2. The first-order valence-corrected chi connectivity index (χ1v) is 10.3. The Kier molecular flexibility index (Phi) is 4.41. The van der Waals surface area contributed by atoms with Gasteiger partial charge in [-0.05, 0) is 41.8 Å². The summed E-state index contributed by atoms with van der Waals surface area (Å²) in [5.41, 5.74) is 3.27. The molecule has 0 saturated carbocycles. The molecule has 0 aromatic heterocycles. The maximum absolute atomic E-state index is 13.4. The number of rotatable bonds is 3. The van der Waals surface area contributed by atoms with Crippen LogP contribution in [0.4, 0.5) is 10.5 Å². The molecule has 2 aliphatic heterocycles. The molecule has 2 aliphatic rings. The van der Waals surface area contributed by atoms with Crippen LogP contribution in [-0.4, -0.2) is 22.6 Å². The second kappa shape index (κ2) is 7.08. The van der Waals surface area contributed by atoms with Crippen molar-refractivity contribution in [3.05, 3.63) is 101 Å². The highest BCUT2D eigenvalue weighted by molar-refractivity contribution is 9.10. The van der Waals surface area contributed by atoms with Gasteiger partial charge in [-0.2, -0.15) is 5.01 Å². The van der Waals surface area contributed by atoms with Crippen LogP contribution in [0.5, 0.6) is 0 Å². The summed E-state index contributed by atoms with van der Waals surface area (Å²) in [6, 6.07) is 28.9. The minimum atomic E-state index is -0.171. The topological polar surface area (TPSA) is 26.8 Å². The van der Waals surface area contributed by atoms with Crippen LogP contribution in [0.15, 0.2) is 89.4 Å². The largest absolute Gasteiger partial charge is 0.340 e. The normalized spacial score (nSPS) is 22.0. The van der Waals surface area contributed by atoms with Gasteiger partial charge in [-0.25, -0.2) is 4.79 Å². The molecular weight excluding hydrogens is 414 g/mol. The third kappa shape index (κ3) is 2.82. The standard InChI is InChI=1S/C23H20BrN3O/c24-19-13-11-18(12-14-19)22-26(20-9-5-2-6-10-20)23(28)25-16-15-21(27(22)25)17-7-3-1-4-8-17/h1-14,21-22H,15-16H2/t21-,22+/m0/s1. The third-order valence-electron chi connectivity index (χ3n) is 5.52. The highest BCUT2D eigenvalue weighted by atomic mass is 79.9. The van der Waals surface area contributed by atoms with Crippen molar-refractivity contribution in [2.45, 2.75) is 18.6 Å². The van der Waals surface area contributed by atoms with Crippen molar-refractivity contribution in [3.8, 4) is 0 Å². The van der Waals surface area contributed by atoms with E-state index >= 15 is 0 Å². The molecule has 0 bridgehead atoms. The Morgan fingerprint density at radius 2 is 1.43 bits per heavy atom. The van der Waals surface area contributed by atoms with E-state index in [2.05, 4.69) is 57.3 Å². The summed E-state index contributed by atoms with van der Waals surface area (Å²) in [5.74, 6) is 0. The predicted octanol–water partition coefficient (Wildman–Crippen LogP) is 5.75. The first-order valence-electron chi connectivity index (χ1n) is 9.48. The molecule has 0 unspecified atom stereocenters. The maximum Gasteiger partial charge on any atom is 0.340 e. The fraction of sp³-hybridized carbons (Fsp3) is 0.174. The second-order valence-corrected chi connectivity index (χ2v) is 8.05. The Morgan fingerprint density at radius 3 is 2.11 bits per heavy atom. The number of carbonyl (C=O) groups is 1. The Bertz CT molecular complexity index is 978. The Balaban J connectivity index is 1.63. The smallest absolute Gasteiger partial charge is 0.271 e. The number of nitrogens with zero attached hydrogens (tertiary/aromatic N) is 3. The molecule has 5 heteroatoms. The number of hydrazine groups is 1. The zero-order valence-corrected chi connectivity index (χ0v) is 16.9. The minimum Gasteiger partial charge on any atom is -0.271 e. The van der Waals surface area contributed by atoms with Gasteiger partial charge in [-0.3, -0.25) is 9.91 Å². The Labute approximate surface area is 173 Å². The van der Waals surface area contributed by atoms with Gasteiger partial charge >= 0.3 is 6.03 Å². The predicted molar refractivity (Wildman–Crippen MR) is 114 cm³/mol. The zero-order valence-electron chi connectivity index (χ0n) is 15.3. The lowest BCUT2D eigenvalue weighted by atomic mass is 10.0. The molecular formula is C23H20BrN3O. The van der Waals surface area contributed by atoms with Gasteiger partial charge in [0.15, 0.2) is 0 Å². The van der Waals surface area contributed by atoms with Gasteiger partial charge in [-0.15, -0.1) is 0 Å². The summed E-state index contributed by atoms with van der Waals surface area (Å²) < 4.78 is 1.03. The number of para-hydroxylation sites is 1. The average Bonchev–Trinajstić information content (AvgIpc) is 3.29. The molecule has 3 aromatic rings. The molecule has 0 radical (unpaired) electrons. The number of hydrogen-bond donors (Lipinski definition) is 0. The van der Waals surface area contributed by atoms with E-state index in [4.69, 9.17) is 0 Å². The monoisotopic (exact) mass is 433 g/mol. The fourth-order valence-corrected chi connectivity index (χ4v) is 4.54. The molecule has 0 spiro atoms. The molecule has 2 atom stereocenters. The minimum absolute atomic E-state index is 0.0394. The van der Waals surface area contributed by atoms with Crippen molar-refractivity contribution in [1.29, 1.82) is 0 Å². The van der Waals surface area contributed by atoms with Crippen molar-refractivity contribution in [3.63, 3.8) is 0 Å². The van der Waals surface area contributed by atoms with Crippen LogP contribution in [0, 0.1) is 0 Å². The van der Waals surface area contributed by atoms with Gasteiger partial charge in [-0.1, -0.05) is 76.6 Å². The molecule has 140 valence electrons. The van der Waals surface area contributed by atoms with Crippen molar-refractivity contribution in [2.24, 2.45) is 0 Å². The quantitative estimate of drug-likeness (QED) is 0.525. The summed E-state index contributed by atoms with van der Waals surface area (Å²) in [6.07, 6.45) is 0.765. The molecule has 2 saturated heterocycles. The number of benzene rings is 3. The number of urea groups is 1. The molecule has 5 rings (SSSR count). The van der Waals surface area contributed by atoms with Crippen LogP contribution in [-0.2, 0) is 0 Å². The van der Waals surface area contributed by atoms with E-state index in [1.165, 1.54) is 5.56 Å². The van der Waals surface area contributed by atoms with Crippen molar-refractivity contribution >= 4 is 27.6 Å². The van der Waals surface area contributed by atoms with Gasteiger partial charge in [0, 0.05) is 16.7 Å². The first-order chi connectivity index (χ1) is 13.7. The molecule has 3 aromatic carbocycles. The van der Waals surface area contributed by atoms with Gasteiger partial charge in [0.1, 0.15) is 6.17 Å². The Hall–Kier alpha value is -2.63. The number of carbonyl (C=O) groups excluding carboxylic acids is 1. The number of fused-ring (bicyclic) bond motifs is 1. The van der Waals surface area contributed by atoms with Gasteiger partial charge in [0.25, 0.3) is 0 Å². The summed E-state index contributed by atoms with van der Waals surface area (Å²) in [7, 11) is 0. The van der Waals surface area contributed by atoms with Crippen LogP contribution in [0.1, 0.15) is 29.8 Å². The highest BCUT2D eigenvalue weighted by Gasteiger charge is 2.52. The number of anilines is 1. The van der Waals surface area contributed by atoms with Crippen LogP contribution >= 0.6 is 15.9 Å². The summed E-state index contributed by atoms with van der Waals surface area (Å²) in [4.78, 5) is 15.3. The lowest BCUT2D eigenvalue weighted by Gasteiger charge is -2.32. The molecule has 0 N–H and O–H groups in total. The SMILES string of the molecule is O=C1N(c2ccccc2)[C@@H](c2ccc(Br)cc2)N2[C@H](c3ccccc3)CCN12.